The predicted octanol–water partition coefficient (Wildman–Crippen LogP) is 5.64. The van der Waals surface area contributed by atoms with Gasteiger partial charge in [0.25, 0.3) is 0 Å². The molecule has 6 nitrogen and oxygen atoms in total. The van der Waals surface area contributed by atoms with E-state index in [2.05, 4.69) is 40.7 Å². The lowest BCUT2D eigenvalue weighted by atomic mass is 9.62. The summed E-state index contributed by atoms with van der Waals surface area (Å²) >= 11 is 0. The van der Waals surface area contributed by atoms with Crippen LogP contribution in [0.25, 0.3) is 0 Å². The fourth-order valence-electron chi connectivity index (χ4n) is 6.21. The first-order valence-electron chi connectivity index (χ1n) is 13.5. The molecule has 0 bridgehead atoms. The number of rotatable bonds is 3. The van der Waals surface area contributed by atoms with Crippen molar-refractivity contribution in [2.24, 2.45) is 0 Å². The molecule has 198 valence electrons. The maximum Gasteiger partial charge on any atom is 0.495 e. The summed E-state index contributed by atoms with van der Waals surface area (Å²) in [5.41, 5.74) is 1.69. The van der Waals surface area contributed by atoms with E-state index < -0.39 is 41.0 Å². The number of ether oxygens (including phenoxy) is 1. The van der Waals surface area contributed by atoms with Crippen LogP contribution in [0, 0.1) is 0 Å². The Balaban J connectivity index is 1.99. The monoisotopic (exact) mass is 497 g/mol. The second-order valence-electron chi connectivity index (χ2n) is 13.5. The summed E-state index contributed by atoms with van der Waals surface area (Å²) in [6.45, 7) is 21.7. The van der Waals surface area contributed by atoms with Gasteiger partial charge in [0.05, 0.1) is 22.3 Å². The van der Waals surface area contributed by atoms with Crippen molar-refractivity contribution < 1.29 is 23.6 Å². The number of carbonyl (C=O) groups excluding carboxylic acids is 2. The molecule has 1 atom stereocenters. The Morgan fingerprint density at radius 3 is 2.11 bits per heavy atom. The van der Waals surface area contributed by atoms with E-state index in [0.29, 0.717) is 6.42 Å². The Kier molecular flexibility index (Phi) is 6.29. The third-order valence-electron chi connectivity index (χ3n) is 8.67. The van der Waals surface area contributed by atoms with Crippen molar-refractivity contribution in [2.45, 2.75) is 136 Å². The highest BCUT2D eigenvalue weighted by Crippen LogP contribution is 2.51. The average Bonchev–Trinajstić information content (AvgIpc) is 3.27. The smallest absolute Gasteiger partial charge is 0.443 e. The van der Waals surface area contributed by atoms with Crippen LogP contribution >= 0.6 is 0 Å². The highest BCUT2D eigenvalue weighted by Gasteiger charge is 2.58. The fraction of sp³-hybridized carbons (Fsp3) is 0.724. The van der Waals surface area contributed by atoms with Gasteiger partial charge in [-0.15, -0.1) is 0 Å². The van der Waals surface area contributed by atoms with Crippen LogP contribution in [0.2, 0.25) is 0 Å². The van der Waals surface area contributed by atoms with Gasteiger partial charge in [0.1, 0.15) is 11.1 Å². The molecule has 2 aliphatic heterocycles. The Labute approximate surface area is 217 Å². The first-order valence-corrected chi connectivity index (χ1v) is 13.5. The highest BCUT2D eigenvalue weighted by molar-refractivity contribution is 6.63. The normalized spacial score (nSPS) is 26.1. The van der Waals surface area contributed by atoms with E-state index in [4.69, 9.17) is 14.0 Å². The molecule has 0 spiro atoms. The number of carbonyl (C=O) groups is 2. The van der Waals surface area contributed by atoms with Gasteiger partial charge in [-0.3, -0.25) is 9.69 Å². The number of ketones is 1. The summed E-state index contributed by atoms with van der Waals surface area (Å²) in [5.74, 6) is 0.0352. The lowest BCUT2D eigenvalue weighted by Gasteiger charge is -2.50. The fourth-order valence-corrected chi connectivity index (χ4v) is 6.21. The number of hydrogen-bond donors (Lipinski definition) is 0. The Morgan fingerprint density at radius 2 is 1.58 bits per heavy atom. The Hall–Kier alpha value is -1.86. The molecule has 1 unspecified atom stereocenters. The van der Waals surface area contributed by atoms with Crippen LogP contribution in [-0.2, 0) is 37.1 Å². The van der Waals surface area contributed by atoms with E-state index in [-0.39, 0.29) is 5.78 Å². The number of hydrogen-bond acceptors (Lipinski definition) is 5. The zero-order valence-corrected chi connectivity index (χ0v) is 24.2. The second-order valence-corrected chi connectivity index (χ2v) is 13.5. The molecule has 1 aliphatic carbocycles. The molecule has 0 N–H and O–H groups in total. The third-order valence-corrected chi connectivity index (χ3v) is 8.67. The van der Waals surface area contributed by atoms with Crippen molar-refractivity contribution in [3.8, 4) is 0 Å². The molecular weight excluding hydrogens is 453 g/mol. The van der Waals surface area contributed by atoms with Gasteiger partial charge >= 0.3 is 13.2 Å². The second kappa shape index (κ2) is 8.32. The Bertz CT molecular complexity index is 1080. The van der Waals surface area contributed by atoms with Crippen LogP contribution in [0.15, 0.2) is 6.07 Å². The summed E-state index contributed by atoms with van der Waals surface area (Å²) in [4.78, 5) is 29.6. The zero-order valence-electron chi connectivity index (χ0n) is 24.2. The maximum atomic E-state index is 14.2. The van der Waals surface area contributed by atoms with Crippen LogP contribution in [0.1, 0.15) is 112 Å². The van der Waals surface area contributed by atoms with E-state index >= 15 is 0 Å². The quantitative estimate of drug-likeness (QED) is 0.506. The van der Waals surface area contributed by atoms with Crippen LogP contribution < -0.4 is 10.4 Å². The number of Topliss-reactive ketones (excluding diaryl/α,β-unsaturated/α-hetero) is 1. The average molecular weight is 497 g/mol. The molecule has 4 rings (SSSR count). The molecule has 0 aromatic heterocycles. The van der Waals surface area contributed by atoms with Crippen molar-refractivity contribution in [2.75, 3.05) is 4.90 Å². The predicted molar refractivity (Wildman–Crippen MR) is 144 cm³/mol. The van der Waals surface area contributed by atoms with Crippen LogP contribution in [-0.4, -0.2) is 41.3 Å². The molecule has 3 aliphatic rings. The zero-order chi connectivity index (χ0) is 27.1. The molecule has 1 fully saturated rings. The molecule has 1 aromatic rings. The summed E-state index contributed by atoms with van der Waals surface area (Å²) < 4.78 is 18.9. The molecule has 0 radical (unpaired) electrons. The summed E-state index contributed by atoms with van der Waals surface area (Å²) in [5, 5.41) is 0. The lowest BCUT2D eigenvalue weighted by Crippen LogP contribution is -2.64. The number of benzene rings is 1. The first-order chi connectivity index (χ1) is 16.4. The minimum atomic E-state index is -1.04. The van der Waals surface area contributed by atoms with Gasteiger partial charge in [0.15, 0.2) is 5.78 Å². The van der Waals surface area contributed by atoms with Crippen molar-refractivity contribution in [3.05, 3.63) is 22.8 Å². The van der Waals surface area contributed by atoms with Gasteiger partial charge in [-0.05, 0) is 117 Å². The topological polar surface area (TPSA) is 65.1 Å². The minimum absolute atomic E-state index is 0.0352. The van der Waals surface area contributed by atoms with Gasteiger partial charge in [-0.2, -0.15) is 0 Å². The standard InChI is InChI=1S/C29H44BNO5/c1-12-16-29(11)20-17-21(30-35-27(7,8)28(9,10)36-30)18-14-13-15-19(18)22(20)31(26(5,6)23(29)32)24(33)34-25(2,3)4/h17H,12-16H2,1-11H3. The Morgan fingerprint density at radius 1 is 1.03 bits per heavy atom. The van der Waals surface area contributed by atoms with E-state index in [1.807, 2.05) is 41.5 Å². The SMILES string of the molecule is CCCC1(C)C(=O)C(C)(C)N(C(=O)OC(C)(C)C)c2c1cc(B1OC(C)(C)C(C)(C)O1)c1c2CCC1. The molecule has 36 heavy (non-hydrogen) atoms. The first kappa shape index (κ1) is 27.2. The maximum absolute atomic E-state index is 14.2. The molecule has 0 saturated carbocycles. The molecule has 1 aromatic carbocycles. The van der Waals surface area contributed by atoms with E-state index in [0.717, 1.165) is 48.0 Å². The largest absolute Gasteiger partial charge is 0.495 e. The number of fused-ring (bicyclic) bond motifs is 3. The molecular formula is C29H44BNO5. The van der Waals surface area contributed by atoms with E-state index in [1.165, 1.54) is 5.56 Å². The third kappa shape index (κ3) is 4.01. The summed E-state index contributed by atoms with van der Waals surface area (Å²) in [7, 11) is -0.516. The molecule has 1 amide bonds. The number of nitrogens with zero attached hydrogens (tertiary/aromatic N) is 1. The van der Waals surface area contributed by atoms with Crippen LogP contribution in [0.5, 0.6) is 0 Å². The van der Waals surface area contributed by atoms with Crippen LogP contribution in [0.3, 0.4) is 0 Å². The van der Waals surface area contributed by atoms with Crippen molar-refractivity contribution in [1.82, 2.24) is 0 Å². The lowest BCUT2D eigenvalue weighted by molar-refractivity contribution is -0.129. The van der Waals surface area contributed by atoms with E-state index in [9.17, 15) is 9.59 Å². The molecule has 7 heteroatoms. The molecule has 1 saturated heterocycles. The summed E-state index contributed by atoms with van der Waals surface area (Å²) in [6.07, 6.45) is 3.80. The van der Waals surface area contributed by atoms with E-state index in [1.54, 1.807) is 4.90 Å². The highest BCUT2D eigenvalue weighted by atomic mass is 16.7. The number of amides is 1. The molecule has 2 heterocycles. The van der Waals surface area contributed by atoms with Gasteiger partial charge in [0, 0.05) is 0 Å². The summed E-state index contributed by atoms with van der Waals surface area (Å²) in [6, 6.07) is 2.11. The van der Waals surface area contributed by atoms with Gasteiger partial charge in [-0.1, -0.05) is 19.4 Å². The van der Waals surface area contributed by atoms with Crippen molar-refractivity contribution in [1.29, 1.82) is 0 Å². The van der Waals surface area contributed by atoms with Gasteiger partial charge in [0.2, 0.25) is 0 Å². The van der Waals surface area contributed by atoms with Gasteiger partial charge in [-0.25, -0.2) is 4.79 Å². The van der Waals surface area contributed by atoms with Crippen LogP contribution in [0.4, 0.5) is 10.5 Å². The minimum Gasteiger partial charge on any atom is -0.443 e. The number of anilines is 1. The van der Waals surface area contributed by atoms with Crippen molar-refractivity contribution >= 4 is 30.1 Å². The van der Waals surface area contributed by atoms with Crippen molar-refractivity contribution in [3.63, 3.8) is 0 Å². The van der Waals surface area contributed by atoms with Gasteiger partial charge < -0.3 is 14.0 Å².